The smallest absolute Gasteiger partial charge is 0.407 e. The molecular formula is C17H23ClN2O3. The molecule has 1 fully saturated rings. The maximum atomic E-state index is 12.7. The second kappa shape index (κ2) is 8.31. The van der Waals surface area contributed by atoms with Crippen molar-refractivity contribution in [2.75, 3.05) is 19.7 Å². The minimum Gasteiger partial charge on any atom is -0.450 e. The van der Waals surface area contributed by atoms with Gasteiger partial charge in [0.1, 0.15) is 5.78 Å². The number of nitrogens with two attached hydrogens (primary N) is 1. The number of carbonyl (C=O) groups excluding carboxylic acids is 2. The lowest BCUT2D eigenvalue weighted by Crippen LogP contribution is -2.48. The summed E-state index contributed by atoms with van der Waals surface area (Å²) in [5.74, 6) is 0.124. The number of ketones is 1. The largest absolute Gasteiger partial charge is 0.450 e. The third-order valence-corrected chi connectivity index (χ3v) is 4.63. The van der Waals surface area contributed by atoms with Gasteiger partial charge in [-0.15, -0.1) is 0 Å². The lowest BCUT2D eigenvalue weighted by molar-refractivity contribution is -0.126. The van der Waals surface area contributed by atoms with Gasteiger partial charge in [-0.3, -0.25) is 4.79 Å². The first-order valence-corrected chi connectivity index (χ1v) is 8.37. The molecule has 0 aliphatic heterocycles. The van der Waals surface area contributed by atoms with Crippen molar-refractivity contribution >= 4 is 23.5 Å². The minimum atomic E-state index is -0.760. The first-order valence-electron chi connectivity index (χ1n) is 7.99. The highest BCUT2D eigenvalue weighted by atomic mass is 35.5. The van der Waals surface area contributed by atoms with Crippen LogP contribution >= 0.6 is 11.6 Å². The van der Waals surface area contributed by atoms with Crippen molar-refractivity contribution in [3.63, 3.8) is 0 Å². The Morgan fingerprint density at radius 2 is 2.13 bits per heavy atom. The standard InChI is InChI=1S/C17H23ClN2O3/c18-14-7-2-1-6-13(14)17(9-4-3-8-15(17)21)12-20-16(22)23-11-5-10-19/h1-2,6-7H,3-5,8-12,19H2,(H,20,22)/t17-/m1/s1. The number of nitrogens with one attached hydrogen (secondary N) is 1. The van der Waals surface area contributed by atoms with E-state index in [0.717, 1.165) is 18.4 Å². The van der Waals surface area contributed by atoms with Crippen LogP contribution in [-0.4, -0.2) is 31.6 Å². The number of hydrogen-bond donors (Lipinski definition) is 2. The fraction of sp³-hybridized carbons (Fsp3) is 0.529. The highest BCUT2D eigenvalue weighted by Gasteiger charge is 2.42. The van der Waals surface area contributed by atoms with E-state index in [0.29, 0.717) is 30.8 Å². The molecular weight excluding hydrogens is 316 g/mol. The van der Waals surface area contributed by atoms with Crippen LogP contribution in [0.4, 0.5) is 4.79 Å². The maximum Gasteiger partial charge on any atom is 0.407 e. The maximum absolute atomic E-state index is 12.7. The summed E-state index contributed by atoms with van der Waals surface area (Å²) in [6.45, 7) is 0.946. The topological polar surface area (TPSA) is 81.4 Å². The number of Topliss-reactive ketones (excluding diaryl/α,β-unsaturated/α-hetero) is 1. The molecule has 0 bridgehead atoms. The predicted molar refractivity (Wildman–Crippen MR) is 89.6 cm³/mol. The Morgan fingerprint density at radius 3 is 2.83 bits per heavy atom. The molecule has 1 aliphatic rings. The van der Waals surface area contributed by atoms with E-state index in [1.54, 1.807) is 6.07 Å². The Hall–Kier alpha value is -1.59. The number of alkyl carbamates (subject to hydrolysis) is 1. The molecule has 5 nitrogen and oxygen atoms in total. The summed E-state index contributed by atoms with van der Waals surface area (Å²) < 4.78 is 5.05. The molecule has 0 unspecified atom stereocenters. The van der Waals surface area contributed by atoms with Crippen LogP contribution in [0.1, 0.15) is 37.7 Å². The molecule has 1 aliphatic carbocycles. The van der Waals surface area contributed by atoms with E-state index in [9.17, 15) is 9.59 Å². The normalized spacial score (nSPS) is 21.0. The Labute approximate surface area is 141 Å². The summed E-state index contributed by atoms with van der Waals surface area (Å²) in [5.41, 5.74) is 5.39. The fourth-order valence-electron chi connectivity index (χ4n) is 3.03. The number of carbonyl (C=O) groups is 2. The van der Waals surface area contributed by atoms with Gasteiger partial charge in [-0.25, -0.2) is 4.79 Å². The molecule has 1 amide bonds. The van der Waals surface area contributed by atoms with Crippen molar-refractivity contribution in [1.82, 2.24) is 5.32 Å². The van der Waals surface area contributed by atoms with Crippen LogP contribution in [0.25, 0.3) is 0 Å². The molecule has 3 N–H and O–H groups in total. The number of halogens is 1. The Bertz CT molecular complexity index is 565. The number of amides is 1. The van der Waals surface area contributed by atoms with Crippen LogP contribution in [0, 0.1) is 0 Å². The lowest BCUT2D eigenvalue weighted by atomic mass is 9.68. The van der Waals surface area contributed by atoms with Crippen LogP contribution in [-0.2, 0) is 14.9 Å². The second-order valence-electron chi connectivity index (χ2n) is 5.82. The van der Waals surface area contributed by atoms with E-state index >= 15 is 0 Å². The van der Waals surface area contributed by atoms with Crippen LogP contribution in [0.5, 0.6) is 0 Å². The summed E-state index contributed by atoms with van der Waals surface area (Å²) in [4.78, 5) is 24.5. The Morgan fingerprint density at radius 1 is 1.35 bits per heavy atom. The van der Waals surface area contributed by atoms with E-state index < -0.39 is 11.5 Å². The van der Waals surface area contributed by atoms with Gasteiger partial charge in [0.05, 0.1) is 12.0 Å². The molecule has 126 valence electrons. The molecule has 1 saturated carbocycles. The van der Waals surface area contributed by atoms with Crippen LogP contribution in [0.15, 0.2) is 24.3 Å². The molecule has 1 aromatic carbocycles. The van der Waals surface area contributed by atoms with Gasteiger partial charge >= 0.3 is 6.09 Å². The third-order valence-electron chi connectivity index (χ3n) is 4.30. The van der Waals surface area contributed by atoms with E-state index in [-0.39, 0.29) is 18.9 Å². The first kappa shape index (κ1) is 17.8. The monoisotopic (exact) mass is 338 g/mol. The summed E-state index contributed by atoms with van der Waals surface area (Å²) in [6, 6.07) is 7.35. The zero-order valence-electron chi connectivity index (χ0n) is 13.1. The summed E-state index contributed by atoms with van der Waals surface area (Å²) in [6.07, 6.45) is 3.09. The summed E-state index contributed by atoms with van der Waals surface area (Å²) in [7, 11) is 0. The van der Waals surface area contributed by atoms with Gasteiger partial charge < -0.3 is 15.8 Å². The summed E-state index contributed by atoms with van der Waals surface area (Å²) in [5, 5.41) is 3.28. The molecule has 0 heterocycles. The van der Waals surface area contributed by atoms with Crippen molar-refractivity contribution in [2.24, 2.45) is 5.73 Å². The van der Waals surface area contributed by atoms with E-state index in [4.69, 9.17) is 22.1 Å². The molecule has 6 heteroatoms. The fourth-order valence-corrected chi connectivity index (χ4v) is 3.35. The first-order chi connectivity index (χ1) is 11.1. The molecule has 0 spiro atoms. The number of ether oxygens (including phenoxy) is 1. The van der Waals surface area contributed by atoms with Gasteiger partial charge in [-0.05, 0) is 37.4 Å². The average molecular weight is 339 g/mol. The molecule has 0 radical (unpaired) electrons. The number of hydrogen-bond acceptors (Lipinski definition) is 4. The SMILES string of the molecule is NCCCOC(=O)NC[C@@]1(c2ccccc2Cl)CCCCC1=O. The highest BCUT2D eigenvalue weighted by Crippen LogP contribution is 2.39. The Kier molecular flexibility index (Phi) is 6.42. The van der Waals surface area contributed by atoms with Gasteiger partial charge in [0.2, 0.25) is 0 Å². The molecule has 2 rings (SSSR count). The third kappa shape index (κ3) is 4.24. The van der Waals surface area contributed by atoms with E-state index in [1.807, 2.05) is 18.2 Å². The van der Waals surface area contributed by atoms with Crippen molar-refractivity contribution in [3.8, 4) is 0 Å². The van der Waals surface area contributed by atoms with Crippen molar-refractivity contribution in [2.45, 2.75) is 37.5 Å². The zero-order valence-corrected chi connectivity index (χ0v) is 13.9. The minimum absolute atomic E-state index is 0.124. The molecule has 0 aromatic heterocycles. The zero-order chi connectivity index (χ0) is 16.7. The lowest BCUT2D eigenvalue weighted by Gasteiger charge is -2.36. The van der Waals surface area contributed by atoms with Crippen molar-refractivity contribution in [3.05, 3.63) is 34.9 Å². The summed E-state index contributed by atoms with van der Waals surface area (Å²) >= 11 is 6.32. The van der Waals surface area contributed by atoms with Crippen LogP contribution < -0.4 is 11.1 Å². The quantitative estimate of drug-likeness (QED) is 0.781. The molecule has 1 atom stereocenters. The van der Waals surface area contributed by atoms with E-state index in [1.165, 1.54) is 0 Å². The van der Waals surface area contributed by atoms with Gasteiger partial charge in [0.15, 0.2) is 0 Å². The second-order valence-corrected chi connectivity index (χ2v) is 6.23. The molecule has 0 saturated heterocycles. The van der Waals surface area contributed by atoms with Gasteiger partial charge in [0.25, 0.3) is 0 Å². The van der Waals surface area contributed by atoms with Gasteiger partial charge in [-0.2, -0.15) is 0 Å². The van der Waals surface area contributed by atoms with Crippen LogP contribution in [0.2, 0.25) is 5.02 Å². The number of benzene rings is 1. The van der Waals surface area contributed by atoms with Crippen molar-refractivity contribution in [1.29, 1.82) is 0 Å². The van der Waals surface area contributed by atoms with Gasteiger partial charge in [-0.1, -0.05) is 36.2 Å². The predicted octanol–water partition coefficient (Wildman–Crippen LogP) is 2.80. The average Bonchev–Trinajstić information content (AvgIpc) is 2.55. The number of rotatable bonds is 6. The highest BCUT2D eigenvalue weighted by molar-refractivity contribution is 6.31. The van der Waals surface area contributed by atoms with Crippen LogP contribution in [0.3, 0.4) is 0 Å². The van der Waals surface area contributed by atoms with E-state index in [2.05, 4.69) is 5.32 Å². The Balaban J connectivity index is 2.14. The molecule has 23 heavy (non-hydrogen) atoms. The van der Waals surface area contributed by atoms with Gasteiger partial charge in [0, 0.05) is 18.0 Å². The molecule has 1 aromatic rings. The van der Waals surface area contributed by atoms with Crippen molar-refractivity contribution < 1.29 is 14.3 Å².